The third kappa shape index (κ3) is 3.71. The zero-order chi connectivity index (χ0) is 17.8. The Morgan fingerprint density at radius 1 is 1.16 bits per heavy atom. The summed E-state index contributed by atoms with van der Waals surface area (Å²) in [7, 11) is 3.44. The van der Waals surface area contributed by atoms with Gasteiger partial charge >= 0.3 is 0 Å². The molecule has 0 aliphatic rings. The first-order chi connectivity index (χ1) is 12.1. The molecule has 0 atom stereocenters. The van der Waals surface area contributed by atoms with Gasteiger partial charge in [0.25, 0.3) is 0 Å². The molecule has 0 aliphatic heterocycles. The molecule has 0 fully saturated rings. The molecule has 0 bridgehead atoms. The third-order valence-electron chi connectivity index (χ3n) is 3.68. The molecule has 0 saturated heterocycles. The number of nitrogens with zero attached hydrogens (tertiary/aromatic N) is 3. The molecule has 0 N–H and O–H groups in total. The molecule has 0 unspecified atom stereocenters. The Kier molecular flexibility index (Phi) is 5.14. The average Bonchev–Trinajstić information content (AvgIpc) is 3.00. The maximum atomic E-state index is 12.9. The number of para-hydroxylation sites is 1. The van der Waals surface area contributed by atoms with Gasteiger partial charge < -0.3 is 9.30 Å². The topological polar surface area (TPSA) is 57.0 Å². The molecule has 3 aromatic rings. The Labute approximate surface area is 148 Å². The number of Topliss-reactive ketones (excluding diaryl/α,β-unsaturated/α-hetero) is 1. The van der Waals surface area contributed by atoms with Crippen LogP contribution in [0.2, 0.25) is 0 Å². The lowest BCUT2D eigenvalue weighted by Gasteiger charge is -2.08. The lowest BCUT2D eigenvalue weighted by atomic mass is 10.1. The van der Waals surface area contributed by atoms with E-state index >= 15 is 0 Å². The highest BCUT2D eigenvalue weighted by Gasteiger charge is 2.16. The van der Waals surface area contributed by atoms with Crippen LogP contribution in [0.3, 0.4) is 0 Å². The quantitative estimate of drug-likeness (QED) is 0.498. The molecule has 128 valence electrons. The van der Waals surface area contributed by atoms with E-state index in [1.165, 1.54) is 36.0 Å². The molecule has 0 saturated carbocycles. The van der Waals surface area contributed by atoms with Crippen LogP contribution in [-0.4, -0.2) is 33.4 Å². The van der Waals surface area contributed by atoms with Crippen molar-refractivity contribution in [3.05, 3.63) is 59.9 Å². The van der Waals surface area contributed by atoms with Gasteiger partial charge in [0, 0.05) is 12.6 Å². The summed E-state index contributed by atoms with van der Waals surface area (Å²) in [5.41, 5.74) is 1.30. The summed E-state index contributed by atoms with van der Waals surface area (Å²) in [5, 5.41) is 8.99. The van der Waals surface area contributed by atoms with Gasteiger partial charge in [0.15, 0.2) is 16.8 Å². The lowest BCUT2D eigenvalue weighted by Crippen LogP contribution is -2.04. The Hall–Kier alpha value is -2.67. The number of hydrogen-bond acceptors (Lipinski definition) is 5. The van der Waals surface area contributed by atoms with Gasteiger partial charge in [0.2, 0.25) is 0 Å². The van der Waals surface area contributed by atoms with Crippen LogP contribution in [-0.2, 0) is 7.05 Å². The highest BCUT2D eigenvalue weighted by atomic mass is 32.2. The monoisotopic (exact) mass is 357 g/mol. The van der Waals surface area contributed by atoms with Gasteiger partial charge in [0.1, 0.15) is 11.6 Å². The first kappa shape index (κ1) is 17.2. The largest absolute Gasteiger partial charge is 0.496 e. The third-order valence-corrected chi connectivity index (χ3v) is 4.70. The molecule has 1 heterocycles. The van der Waals surface area contributed by atoms with Crippen molar-refractivity contribution >= 4 is 17.5 Å². The number of thioether (sulfide) groups is 1. The minimum Gasteiger partial charge on any atom is -0.496 e. The van der Waals surface area contributed by atoms with Crippen molar-refractivity contribution in [1.29, 1.82) is 0 Å². The summed E-state index contributed by atoms with van der Waals surface area (Å²) < 4.78 is 20.1. The van der Waals surface area contributed by atoms with Gasteiger partial charge in [-0.2, -0.15) is 0 Å². The van der Waals surface area contributed by atoms with Gasteiger partial charge in [-0.3, -0.25) is 4.79 Å². The van der Waals surface area contributed by atoms with Crippen LogP contribution in [0, 0.1) is 5.82 Å². The number of rotatable bonds is 6. The van der Waals surface area contributed by atoms with Crippen LogP contribution >= 0.6 is 11.8 Å². The van der Waals surface area contributed by atoms with Crippen LogP contribution in [0.15, 0.2) is 53.7 Å². The number of ether oxygens (including phenoxy) is 1. The Morgan fingerprint density at radius 3 is 2.60 bits per heavy atom. The fraction of sp³-hybridized carbons (Fsp3) is 0.167. The van der Waals surface area contributed by atoms with Gasteiger partial charge in [0.05, 0.1) is 18.4 Å². The Bertz CT molecular complexity index is 894. The van der Waals surface area contributed by atoms with E-state index < -0.39 is 0 Å². The second-order valence-corrected chi connectivity index (χ2v) is 6.23. The summed E-state index contributed by atoms with van der Waals surface area (Å²) >= 11 is 1.29. The van der Waals surface area contributed by atoms with Crippen LogP contribution in [0.4, 0.5) is 4.39 Å². The molecule has 0 spiro atoms. The molecule has 7 heteroatoms. The summed E-state index contributed by atoms with van der Waals surface area (Å²) in [6.07, 6.45) is 0. The first-order valence-corrected chi connectivity index (χ1v) is 8.53. The molecule has 0 aliphatic carbocycles. The number of carbonyl (C=O) groups excluding carboxylic acids is 1. The number of benzene rings is 2. The molecule has 25 heavy (non-hydrogen) atoms. The van der Waals surface area contributed by atoms with Gasteiger partial charge in [-0.05, 0) is 36.4 Å². The molecule has 3 rings (SSSR count). The predicted molar refractivity (Wildman–Crippen MR) is 94.4 cm³/mol. The second kappa shape index (κ2) is 7.48. The molecular weight excluding hydrogens is 341 g/mol. The molecule has 1 aromatic heterocycles. The fourth-order valence-corrected chi connectivity index (χ4v) is 3.16. The van der Waals surface area contributed by atoms with Crippen molar-refractivity contribution in [1.82, 2.24) is 14.8 Å². The van der Waals surface area contributed by atoms with Crippen molar-refractivity contribution in [3.8, 4) is 17.1 Å². The first-order valence-electron chi connectivity index (χ1n) is 7.54. The van der Waals surface area contributed by atoms with E-state index in [9.17, 15) is 9.18 Å². The summed E-state index contributed by atoms with van der Waals surface area (Å²) in [6.45, 7) is 0. The molecule has 2 aromatic carbocycles. The van der Waals surface area contributed by atoms with Gasteiger partial charge in [-0.15, -0.1) is 10.2 Å². The van der Waals surface area contributed by atoms with E-state index in [1.807, 2.05) is 35.9 Å². The van der Waals surface area contributed by atoms with Crippen LogP contribution in [0.25, 0.3) is 11.4 Å². The van der Waals surface area contributed by atoms with Crippen molar-refractivity contribution in [2.24, 2.45) is 7.05 Å². The summed E-state index contributed by atoms with van der Waals surface area (Å²) in [6, 6.07) is 13.1. The standard InChI is InChI=1S/C18H16FN3O2S/c1-22-17(14-5-3-4-6-16(14)24-2)20-21-18(22)25-11-15(23)12-7-9-13(19)10-8-12/h3-10H,11H2,1-2H3. The second-order valence-electron chi connectivity index (χ2n) is 5.28. The van der Waals surface area contributed by atoms with Gasteiger partial charge in [-0.1, -0.05) is 23.9 Å². The zero-order valence-corrected chi connectivity index (χ0v) is 14.6. The SMILES string of the molecule is COc1ccccc1-c1nnc(SCC(=O)c2ccc(F)cc2)n1C. The van der Waals surface area contributed by atoms with Crippen molar-refractivity contribution < 1.29 is 13.9 Å². The molecule has 5 nitrogen and oxygen atoms in total. The summed E-state index contributed by atoms with van der Waals surface area (Å²) in [5.74, 6) is 1.11. The molecule has 0 radical (unpaired) electrons. The van der Waals surface area contributed by atoms with Crippen LogP contribution < -0.4 is 4.74 Å². The summed E-state index contributed by atoms with van der Waals surface area (Å²) in [4.78, 5) is 12.2. The smallest absolute Gasteiger partial charge is 0.191 e. The minimum atomic E-state index is -0.362. The van der Waals surface area contributed by atoms with Crippen LogP contribution in [0.5, 0.6) is 5.75 Å². The minimum absolute atomic E-state index is 0.0909. The molecular formula is C18H16FN3O2S. The van der Waals surface area contributed by atoms with Crippen molar-refractivity contribution in [3.63, 3.8) is 0 Å². The molecule has 0 amide bonds. The number of aromatic nitrogens is 3. The van der Waals surface area contributed by atoms with Gasteiger partial charge in [-0.25, -0.2) is 4.39 Å². The van der Waals surface area contributed by atoms with E-state index in [0.717, 1.165) is 5.56 Å². The van der Waals surface area contributed by atoms with Crippen molar-refractivity contribution in [2.45, 2.75) is 5.16 Å². The van der Waals surface area contributed by atoms with Crippen molar-refractivity contribution in [2.75, 3.05) is 12.9 Å². The predicted octanol–water partition coefficient (Wildman–Crippen LogP) is 3.60. The highest BCUT2D eigenvalue weighted by Crippen LogP contribution is 2.30. The normalized spacial score (nSPS) is 10.7. The number of carbonyl (C=O) groups is 1. The number of methoxy groups -OCH3 is 1. The number of hydrogen-bond donors (Lipinski definition) is 0. The van der Waals surface area contributed by atoms with E-state index in [1.54, 1.807) is 7.11 Å². The lowest BCUT2D eigenvalue weighted by molar-refractivity contribution is 0.102. The Morgan fingerprint density at radius 2 is 1.88 bits per heavy atom. The maximum absolute atomic E-state index is 12.9. The van der Waals surface area contributed by atoms with E-state index in [2.05, 4.69) is 10.2 Å². The number of ketones is 1. The average molecular weight is 357 g/mol. The van der Waals surface area contributed by atoms with Crippen LogP contribution in [0.1, 0.15) is 10.4 Å². The fourth-order valence-electron chi connectivity index (χ4n) is 2.35. The Balaban J connectivity index is 1.75. The number of halogens is 1. The van der Waals surface area contributed by atoms with E-state index in [0.29, 0.717) is 22.3 Å². The zero-order valence-electron chi connectivity index (χ0n) is 13.8. The highest BCUT2D eigenvalue weighted by molar-refractivity contribution is 7.99. The van der Waals surface area contributed by atoms with E-state index in [4.69, 9.17) is 4.74 Å². The maximum Gasteiger partial charge on any atom is 0.191 e. The van der Waals surface area contributed by atoms with E-state index in [-0.39, 0.29) is 17.4 Å².